The Balaban J connectivity index is 2.07. The predicted molar refractivity (Wildman–Crippen MR) is 85.0 cm³/mol. The van der Waals surface area contributed by atoms with Crippen LogP contribution < -0.4 is 10.4 Å². The van der Waals surface area contributed by atoms with Gasteiger partial charge in [0.1, 0.15) is 0 Å². The van der Waals surface area contributed by atoms with Gasteiger partial charge < -0.3 is 0 Å². The third kappa shape index (κ3) is 1.99. The molecule has 1 saturated heterocycles. The molecule has 0 unspecified atom stereocenters. The zero-order valence-corrected chi connectivity index (χ0v) is 14.3. The van der Waals surface area contributed by atoms with Gasteiger partial charge in [-0.3, -0.25) is 0 Å². The van der Waals surface area contributed by atoms with E-state index < -0.39 is 21.3 Å². The molecule has 0 aromatic heterocycles. The van der Waals surface area contributed by atoms with Crippen molar-refractivity contribution in [3.05, 3.63) is 60.7 Å². The van der Waals surface area contributed by atoms with Gasteiger partial charge in [-0.25, -0.2) is 0 Å². The second-order valence-corrected chi connectivity index (χ2v) is 23.9. The molecule has 18 heavy (non-hydrogen) atoms. The third-order valence-electron chi connectivity index (χ3n) is 4.21. The molecule has 0 saturated carbocycles. The van der Waals surface area contributed by atoms with Crippen molar-refractivity contribution in [2.24, 2.45) is 0 Å². The molecule has 0 nitrogen and oxygen atoms in total. The zero-order chi connectivity index (χ0) is 12.6. The van der Waals surface area contributed by atoms with Gasteiger partial charge in [0.25, 0.3) is 0 Å². The van der Waals surface area contributed by atoms with Crippen molar-refractivity contribution < 1.29 is 0 Å². The van der Waals surface area contributed by atoms with Crippen LogP contribution in [0.25, 0.3) is 0 Å². The monoisotopic (exact) mass is 314 g/mol. The maximum absolute atomic E-state index is 2.59. The van der Waals surface area contributed by atoms with Crippen molar-refractivity contribution in [3.8, 4) is 0 Å². The van der Waals surface area contributed by atoms with Crippen LogP contribution in [-0.4, -0.2) is 21.3 Å². The molecule has 1 aliphatic heterocycles. The van der Waals surface area contributed by atoms with E-state index in [1.54, 1.807) is 20.1 Å². The Morgan fingerprint density at radius 3 is 1.44 bits per heavy atom. The normalized spacial score (nSPS) is 20.1. The molecule has 0 amide bonds. The average molecular weight is 313 g/mol. The van der Waals surface area contributed by atoms with Crippen LogP contribution in [0, 0.1) is 0 Å². The molecule has 2 aromatic carbocycles. The van der Waals surface area contributed by atoms with Crippen LogP contribution in [0.1, 0.15) is 0 Å². The van der Waals surface area contributed by atoms with E-state index in [4.69, 9.17) is 0 Å². The summed E-state index contributed by atoms with van der Waals surface area (Å²) in [6, 6.07) is 22.6. The number of hydrogen-bond donors (Lipinski definition) is 0. The number of hydrogen-bond acceptors (Lipinski definition) is 0. The van der Waals surface area contributed by atoms with Gasteiger partial charge in [-0.05, 0) is 0 Å². The molecule has 0 atom stereocenters. The van der Waals surface area contributed by atoms with Crippen molar-refractivity contribution in [2.45, 2.75) is 21.3 Å². The molecule has 92 valence electrons. The Morgan fingerprint density at radius 2 is 1.11 bits per heavy atom. The Morgan fingerprint density at radius 1 is 0.722 bits per heavy atom. The molecule has 0 radical (unpaired) electrons. The van der Waals surface area contributed by atoms with Crippen LogP contribution in [-0.2, 0) is 0 Å². The van der Waals surface area contributed by atoms with Gasteiger partial charge in [0.15, 0.2) is 0 Å². The fraction of sp³-hybridized carbons (Fsp3) is 0.250. The summed E-state index contributed by atoms with van der Waals surface area (Å²) in [6.07, 6.45) is 0. The fourth-order valence-corrected chi connectivity index (χ4v) is 34.7. The van der Waals surface area contributed by atoms with Crippen molar-refractivity contribution in [2.75, 3.05) is 0 Å². The van der Waals surface area contributed by atoms with Crippen LogP contribution >= 0.6 is 0 Å². The Hall–Kier alpha value is -0.800. The first kappa shape index (κ1) is 12.2. The van der Waals surface area contributed by atoms with E-state index in [0.29, 0.717) is 0 Å². The zero-order valence-electron chi connectivity index (χ0n) is 11.2. The van der Waals surface area contributed by atoms with E-state index in [1.165, 1.54) is 0 Å². The molecule has 1 heterocycles. The Kier molecular flexibility index (Phi) is 2.99. The summed E-state index contributed by atoms with van der Waals surface area (Å²) in [7, 11) is -1.35. The van der Waals surface area contributed by atoms with Crippen LogP contribution in [0.2, 0.25) is 21.3 Å². The van der Waals surface area contributed by atoms with Crippen molar-refractivity contribution in [3.63, 3.8) is 0 Å². The molecule has 1 fully saturated rings. The first-order valence-electron chi connectivity index (χ1n) is 6.74. The minimum absolute atomic E-state index is 1.35. The van der Waals surface area contributed by atoms with Gasteiger partial charge in [0, 0.05) is 0 Å². The van der Waals surface area contributed by atoms with E-state index in [0.717, 1.165) is 0 Å². The number of benzene rings is 2. The third-order valence-corrected chi connectivity index (χ3v) is 29.9. The van der Waals surface area contributed by atoms with Gasteiger partial charge in [0.05, 0.1) is 0 Å². The molecule has 0 bridgehead atoms. The Labute approximate surface area is 113 Å². The van der Waals surface area contributed by atoms with Crippen LogP contribution in [0.15, 0.2) is 60.7 Å². The molecule has 0 aliphatic carbocycles. The molecule has 2 aromatic rings. The van der Waals surface area contributed by atoms with Crippen molar-refractivity contribution in [1.82, 2.24) is 0 Å². The topological polar surface area (TPSA) is 0 Å². The molecule has 2 heteroatoms. The fourth-order valence-electron chi connectivity index (χ4n) is 3.67. The molecular weight excluding hydrogens is 293 g/mol. The maximum atomic E-state index is 2.59. The summed E-state index contributed by atoms with van der Waals surface area (Å²) in [4.78, 5) is 3.14. The van der Waals surface area contributed by atoms with Gasteiger partial charge in [-0.2, -0.15) is 0 Å². The molecular formula is C16H20GeSi. The quantitative estimate of drug-likeness (QED) is 0.748. The summed E-state index contributed by atoms with van der Waals surface area (Å²) in [5, 5.41) is 3.31. The van der Waals surface area contributed by atoms with Gasteiger partial charge in [0.2, 0.25) is 0 Å². The van der Waals surface area contributed by atoms with Crippen LogP contribution in [0.5, 0.6) is 0 Å². The summed E-state index contributed by atoms with van der Waals surface area (Å²) in [5.74, 6) is 5.19. The minimum atomic E-state index is -1.39. The summed E-state index contributed by atoms with van der Waals surface area (Å²) >= 11 is -1.39. The SMILES string of the molecule is [CH3][Ge]1([CH3])[CH2][Si](c2ccccc2)(c2ccccc2)[CH2]1. The summed E-state index contributed by atoms with van der Waals surface area (Å²) in [6.45, 7) is 0. The van der Waals surface area contributed by atoms with Crippen LogP contribution in [0.4, 0.5) is 0 Å². The summed E-state index contributed by atoms with van der Waals surface area (Å²) < 4.78 is 0. The molecule has 0 spiro atoms. The molecule has 1 aliphatic rings. The van der Waals surface area contributed by atoms with E-state index in [-0.39, 0.29) is 0 Å². The molecule has 0 N–H and O–H groups in total. The van der Waals surface area contributed by atoms with E-state index >= 15 is 0 Å². The van der Waals surface area contributed by atoms with E-state index in [2.05, 4.69) is 72.2 Å². The van der Waals surface area contributed by atoms with Crippen molar-refractivity contribution in [1.29, 1.82) is 0 Å². The second kappa shape index (κ2) is 4.39. The first-order chi connectivity index (χ1) is 8.62. The first-order valence-corrected chi connectivity index (χ1v) is 16.3. The predicted octanol–water partition coefficient (Wildman–Crippen LogP) is 3.05. The molecule has 3 rings (SSSR count). The van der Waals surface area contributed by atoms with Gasteiger partial charge in [-0.15, -0.1) is 0 Å². The standard InChI is InChI=1S/C16H20GeSi/c1-17(2)13-18(14-17,15-9-5-3-6-10-15)16-11-7-4-8-12-16/h3-12H,13-14H2,1-2H3. The Bertz CT molecular complexity index is 484. The average Bonchev–Trinajstić information content (AvgIpc) is 2.37. The van der Waals surface area contributed by atoms with Crippen molar-refractivity contribution >= 4 is 31.7 Å². The van der Waals surface area contributed by atoms with E-state index in [9.17, 15) is 0 Å². The number of rotatable bonds is 2. The summed E-state index contributed by atoms with van der Waals surface area (Å²) in [5.41, 5.74) is 0. The van der Waals surface area contributed by atoms with Gasteiger partial charge >= 0.3 is 114 Å². The van der Waals surface area contributed by atoms with Crippen LogP contribution in [0.3, 0.4) is 0 Å². The van der Waals surface area contributed by atoms with E-state index in [1.807, 2.05) is 0 Å². The second-order valence-electron chi connectivity index (χ2n) is 6.33. The van der Waals surface area contributed by atoms with Gasteiger partial charge in [-0.1, -0.05) is 0 Å².